The number of hydrogen-bond acceptors (Lipinski definition) is 4. The van der Waals surface area contributed by atoms with E-state index in [4.69, 9.17) is 16.4 Å². The standard InChI is InChI=1S/C16H22ClNO4/c1-2-3-4-5-6-13(12-19)11-16(22-18(20)21)14-7-9-15(17)10-8-14/h7-10,12-13,16H,2-6,11H2,1H3/t13-,16-/m0/s1. The van der Waals surface area contributed by atoms with Crippen LogP contribution in [0.25, 0.3) is 0 Å². The highest BCUT2D eigenvalue weighted by molar-refractivity contribution is 6.30. The van der Waals surface area contributed by atoms with Crippen molar-refractivity contribution in [1.29, 1.82) is 0 Å². The van der Waals surface area contributed by atoms with Crippen LogP contribution in [-0.2, 0) is 9.63 Å². The van der Waals surface area contributed by atoms with E-state index in [1.807, 2.05) is 0 Å². The Morgan fingerprint density at radius 3 is 2.50 bits per heavy atom. The van der Waals surface area contributed by atoms with E-state index in [1.165, 1.54) is 0 Å². The molecule has 0 fully saturated rings. The van der Waals surface area contributed by atoms with Crippen molar-refractivity contribution in [3.8, 4) is 0 Å². The molecule has 0 saturated carbocycles. The van der Waals surface area contributed by atoms with Gasteiger partial charge in [-0.25, -0.2) is 0 Å². The van der Waals surface area contributed by atoms with E-state index in [0.29, 0.717) is 17.0 Å². The van der Waals surface area contributed by atoms with Crippen molar-refractivity contribution >= 4 is 17.9 Å². The lowest BCUT2D eigenvalue weighted by Crippen LogP contribution is -2.15. The van der Waals surface area contributed by atoms with Crippen molar-refractivity contribution in [1.82, 2.24) is 0 Å². The summed E-state index contributed by atoms with van der Waals surface area (Å²) >= 11 is 5.82. The van der Waals surface area contributed by atoms with Crippen LogP contribution >= 0.6 is 11.6 Å². The van der Waals surface area contributed by atoms with Gasteiger partial charge < -0.3 is 9.63 Å². The summed E-state index contributed by atoms with van der Waals surface area (Å²) in [5.74, 6) is -0.238. The lowest BCUT2D eigenvalue weighted by Gasteiger charge is -2.19. The van der Waals surface area contributed by atoms with Crippen LogP contribution in [0.1, 0.15) is 57.1 Å². The predicted octanol–water partition coefficient (Wildman–Crippen LogP) is 4.77. The molecule has 0 N–H and O–H groups in total. The van der Waals surface area contributed by atoms with Crippen LogP contribution in [0.15, 0.2) is 24.3 Å². The second-order valence-electron chi connectivity index (χ2n) is 5.35. The van der Waals surface area contributed by atoms with Gasteiger partial charge in [0.25, 0.3) is 5.09 Å². The third kappa shape index (κ3) is 6.89. The fourth-order valence-corrected chi connectivity index (χ4v) is 2.50. The van der Waals surface area contributed by atoms with Gasteiger partial charge in [-0.15, -0.1) is 10.1 Å². The summed E-state index contributed by atoms with van der Waals surface area (Å²) < 4.78 is 0. The van der Waals surface area contributed by atoms with Crippen molar-refractivity contribution in [2.45, 2.75) is 51.6 Å². The molecule has 0 unspecified atom stereocenters. The molecule has 0 bridgehead atoms. The second kappa shape index (κ2) is 10.2. The molecule has 122 valence electrons. The Labute approximate surface area is 135 Å². The van der Waals surface area contributed by atoms with Crippen LogP contribution in [0.3, 0.4) is 0 Å². The lowest BCUT2D eigenvalue weighted by atomic mass is 9.93. The van der Waals surface area contributed by atoms with Crippen molar-refractivity contribution in [3.05, 3.63) is 45.0 Å². The van der Waals surface area contributed by atoms with E-state index in [2.05, 4.69) is 6.92 Å². The van der Waals surface area contributed by atoms with Gasteiger partial charge in [0.2, 0.25) is 0 Å². The number of hydrogen-bond donors (Lipinski definition) is 0. The molecule has 1 rings (SSSR count). The highest BCUT2D eigenvalue weighted by Gasteiger charge is 2.21. The number of rotatable bonds is 11. The first-order chi connectivity index (χ1) is 10.6. The number of benzene rings is 1. The molecular weight excluding hydrogens is 306 g/mol. The molecule has 0 saturated heterocycles. The van der Waals surface area contributed by atoms with E-state index >= 15 is 0 Å². The van der Waals surface area contributed by atoms with Crippen LogP contribution in [0.5, 0.6) is 0 Å². The summed E-state index contributed by atoms with van der Waals surface area (Å²) in [5.41, 5.74) is 0.654. The summed E-state index contributed by atoms with van der Waals surface area (Å²) in [7, 11) is 0. The molecular formula is C16H22ClNO4. The Kier molecular flexibility index (Phi) is 8.51. The smallest absolute Gasteiger partial charge is 0.295 e. The number of aldehydes is 1. The van der Waals surface area contributed by atoms with Gasteiger partial charge in [0.05, 0.1) is 0 Å². The monoisotopic (exact) mass is 327 g/mol. The van der Waals surface area contributed by atoms with Crippen LogP contribution in [0, 0.1) is 16.0 Å². The number of carbonyl (C=O) groups excluding carboxylic acids is 1. The Morgan fingerprint density at radius 2 is 1.95 bits per heavy atom. The molecule has 2 atom stereocenters. The molecule has 1 aromatic carbocycles. The van der Waals surface area contributed by atoms with Gasteiger partial charge in [-0.1, -0.05) is 56.3 Å². The molecule has 0 aliphatic rings. The molecule has 0 aromatic heterocycles. The molecule has 0 radical (unpaired) electrons. The average Bonchev–Trinajstić information content (AvgIpc) is 2.49. The number of unbranched alkanes of at least 4 members (excludes halogenated alkanes) is 3. The summed E-state index contributed by atoms with van der Waals surface area (Å²) in [6.45, 7) is 2.12. The van der Waals surface area contributed by atoms with Crippen LogP contribution in [-0.4, -0.2) is 11.4 Å². The highest BCUT2D eigenvalue weighted by atomic mass is 35.5. The van der Waals surface area contributed by atoms with Gasteiger partial charge in [0, 0.05) is 10.9 Å². The lowest BCUT2D eigenvalue weighted by molar-refractivity contribution is -0.771. The summed E-state index contributed by atoms with van der Waals surface area (Å²) in [5, 5.41) is 10.4. The molecule has 1 aromatic rings. The zero-order valence-corrected chi connectivity index (χ0v) is 13.5. The van der Waals surface area contributed by atoms with Crippen LogP contribution in [0.4, 0.5) is 0 Å². The predicted molar refractivity (Wildman–Crippen MR) is 85.2 cm³/mol. The van der Waals surface area contributed by atoms with E-state index in [0.717, 1.165) is 38.4 Å². The summed E-state index contributed by atoms with van der Waals surface area (Å²) in [4.78, 5) is 26.7. The normalized spacial score (nSPS) is 13.4. The first-order valence-corrected chi connectivity index (χ1v) is 7.96. The molecule has 0 heterocycles. The Bertz CT molecular complexity index is 464. The minimum atomic E-state index is -0.807. The Hall–Kier alpha value is -1.62. The minimum Gasteiger partial charge on any atom is -0.306 e. The van der Waals surface area contributed by atoms with E-state index < -0.39 is 11.2 Å². The molecule has 0 aliphatic carbocycles. The average molecular weight is 328 g/mol. The molecule has 22 heavy (non-hydrogen) atoms. The third-order valence-electron chi connectivity index (χ3n) is 3.59. The maximum absolute atomic E-state index is 11.2. The quantitative estimate of drug-likeness (QED) is 0.254. The topological polar surface area (TPSA) is 69.4 Å². The first kappa shape index (κ1) is 18.4. The summed E-state index contributed by atoms with van der Waals surface area (Å²) in [6, 6.07) is 6.69. The van der Waals surface area contributed by atoms with Gasteiger partial charge >= 0.3 is 0 Å². The fraction of sp³-hybridized carbons (Fsp3) is 0.562. The molecule has 0 amide bonds. The maximum Gasteiger partial charge on any atom is 0.295 e. The maximum atomic E-state index is 11.2. The Morgan fingerprint density at radius 1 is 1.27 bits per heavy atom. The fourth-order valence-electron chi connectivity index (χ4n) is 2.37. The van der Waals surface area contributed by atoms with E-state index in [1.54, 1.807) is 24.3 Å². The molecule has 5 nitrogen and oxygen atoms in total. The molecule has 0 aliphatic heterocycles. The SMILES string of the molecule is CCCCCC[C@H](C=O)C[C@H](O[N+](=O)[O-])c1ccc(Cl)cc1. The van der Waals surface area contributed by atoms with Gasteiger partial charge in [0.1, 0.15) is 12.4 Å². The van der Waals surface area contributed by atoms with Crippen molar-refractivity contribution in [3.63, 3.8) is 0 Å². The van der Waals surface area contributed by atoms with Gasteiger partial charge in [-0.2, -0.15) is 0 Å². The summed E-state index contributed by atoms with van der Waals surface area (Å²) in [6.07, 6.45) is 5.45. The molecule has 0 spiro atoms. The second-order valence-corrected chi connectivity index (χ2v) is 5.79. The zero-order valence-electron chi connectivity index (χ0n) is 12.7. The Balaban J connectivity index is 2.67. The van der Waals surface area contributed by atoms with Gasteiger partial charge in [-0.05, 0) is 30.5 Å². The number of nitrogens with zero attached hydrogens (tertiary/aromatic N) is 1. The van der Waals surface area contributed by atoms with Gasteiger partial charge in [-0.3, -0.25) is 0 Å². The molecule has 6 heteroatoms. The third-order valence-corrected chi connectivity index (χ3v) is 3.84. The minimum absolute atomic E-state index is 0.238. The number of carbonyl (C=O) groups is 1. The van der Waals surface area contributed by atoms with Crippen LogP contribution in [0.2, 0.25) is 5.02 Å². The highest BCUT2D eigenvalue weighted by Crippen LogP contribution is 2.28. The van der Waals surface area contributed by atoms with Crippen molar-refractivity contribution in [2.75, 3.05) is 0 Å². The van der Waals surface area contributed by atoms with E-state index in [-0.39, 0.29) is 5.92 Å². The largest absolute Gasteiger partial charge is 0.306 e. The zero-order chi connectivity index (χ0) is 16.4. The first-order valence-electron chi connectivity index (χ1n) is 7.58. The van der Waals surface area contributed by atoms with Gasteiger partial charge in [0.15, 0.2) is 0 Å². The van der Waals surface area contributed by atoms with E-state index in [9.17, 15) is 14.9 Å². The van der Waals surface area contributed by atoms with Crippen LogP contribution < -0.4 is 0 Å². The number of halogens is 1. The van der Waals surface area contributed by atoms with Crippen molar-refractivity contribution < 1.29 is 14.7 Å². The van der Waals surface area contributed by atoms with Crippen molar-refractivity contribution in [2.24, 2.45) is 5.92 Å².